The number of carbonyl (C=O) groups is 2. The molecule has 0 saturated carbocycles. The van der Waals surface area contributed by atoms with Gasteiger partial charge in [-0.15, -0.1) is 0 Å². The third-order valence-electron chi connectivity index (χ3n) is 3.46. The molecule has 0 saturated heterocycles. The highest BCUT2D eigenvalue weighted by molar-refractivity contribution is 6.34. The van der Waals surface area contributed by atoms with Crippen LogP contribution in [-0.2, 0) is 4.79 Å². The second-order valence-electron chi connectivity index (χ2n) is 5.89. The average Bonchev–Trinajstić information content (AvgIpc) is 2.61. The van der Waals surface area contributed by atoms with E-state index in [1.54, 1.807) is 31.4 Å². The van der Waals surface area contributed by atoms with Gasteiger partial charge in [-0.2, -0.15) is 0 Å². The minimum Gasteiger partial charge on any atom is -0.496 e. The Bertz CT molecular complexity index is 832. The van der Waals surface area contributed by atoms with Crippen molar-refractivity contribution in [3.05, 3.63) is 64.7 Å². The molecule has 2 N–H and O–H groups in total. The molecule has 0 radical (unpaired) electrons. The standard InChI is InChI=1S/C20H21ClN2O3/c1-13(2)22-20(25)15-8-10-16(21)17(12-15)23-19(24)11-9-14-6-4-5-7-18(14)26-3/h4-13H,1-3H3,(H,22,25)(H,23,24)/b11-9+. The summed E-state index contributed by atoms with van der Waals surface area (Å²) in [6, 6.07) is 12.1. The Morgan fingerprint density at radius 3 is 2.58 bits per heavy atom. The number of hydrogen-bond donors (Lipinski definition) is 2. The first kappa shape index (κ1) is 19.5. The largest absolute Gasteiger partial charge is 0.496 e. The first-order valence-corrected chi connectivity index (χ1v) is 8.51. The van der Waals surface area contributed by atoms with Gasteiger partial charge in [-0.05, 0) is 44.2 Å². The van der Waals surface area contributed by atoms with Crippen LogP contribution in [0, 0.1) is 0 Å². The lowest BCUT2D eigenvalue weighted by molar-refractivity contribution is -0.111. The number of benzene rings is 2. The molecule has 0 spiro atoms. The van der Waals surface area contributed by atoms with Crippen LogP contribution in [0.2, 0.25) is 5.02 Å². The van der Waals surface area contributed by atoms with Gasteiger partial charge >= 0.3 is 0 Å². The summed E-state index contributed by atoms with van der Waals surface area (Å²) in [5, 5.41) is 5.84. The van der Waals surface area contributed by atoms with Gasteiger partial charge in [0.1, 0.15) is 5.75 Å². The van der Waals surface area contributed by atoms with Gasteiger partial charge in [-0.3, -0.25) is 9.59 Å². The van der Waals surface area contributed by atoms with Gasteiger partial charge in [0.15, 0.2) is 0 Å². The van der Waals surface area contributed by atoms with E-state index in [2.05, 4.69) is 10.6 Å². The van der Waals surface area contributed by atoms with E-state index in [1.807, 2.05) is 38.1 Å². The molecule has 2 aromatic carbocycles. The molecule has 136 valence electrons. The molecule has 0 aliphatic heterocycles. The first-order valence-electron chi connectivity index (χ1n) is 8.13. The van der Waals surface area contributed by atoms with E-state index < -0.39 is 0 Å². The summed E-state index contributed by atoms with van der Waals surface area (Å²) in [6.45, 7) is 3.75. The molecule has 0 fully saturated rings. The van der Waals surface area contributed by atoms with Gasteiger partial charge in [-0.25, -0.2) is 0 Å². The Morgan fingerprint density at radius 2 is 1.88 bits per heavy atom. The van der Waals surface area contributed by atoms with Gasteiger partial charge in [-0.1, -0.05) is 29.8 Å². The van der Waals surface area contributed by atoms with Gasteiger partial charge in [0.25, 0.3) is 5.91 Å². The molecular formula is C20H21ClN2O3. The van der Waals surface area contributed by atoms with E-state index in [0.29, 0.717) is 22.0 Å². The lowest BCUT2D eigenvalue weighted by Gasteiger charge is -2.11. The van der Waals surface area contributed by atoms with Crippen molar-refractivity contribution < 1.29 is 14.3 Å². The van der Waals surface area contributed by atoms with Gasteiger partial charge < -0.3 is 15.4 Å². The zero-order valence-electron chi connectivity index (χ0n) is 14.9. The van der Waals surface area contributed by atoms with Crippen molar-refractivity contribution in [2.45, 2.75) is 19.9 Å². The van der Waals surface area contributed by atoms with Gasteiger partial charge in [0.2, 0.25) is 5.91 Å². The number of methoxy groups -OCH3 is 1. The summed E-state index contributed by atoms with van der Waals surface area (Å²) in [6.07, 6.45) is 3.03. The van der Waals surface area contributed by atoms with E-state index in [4.69, 9.17) is 16.3 Å². The highest BCUT2D eigenvalue weighted by Gasteiger charge is 2.11. The molecule has 0 heterocycles. The Balaban J connectivity index is 2.13. The Morgan fingerprint density at radius 1 is 1.15 bits per heavy atom. The molecule has 26 heavy (non-hydrogen) atoms. The second-order valence-corrected chi connectivity index (χ2v) is 6.29. The smallest absolute Gasteiger partial charge is 0.251 e. The molecule has 5 nitrogen and oxygen atoms in total. The number of hydrogen-bond acceptors (Lipinski definition) is 3. The molecule has 2 amide bonds. The van der Waals surface area contributed by atoms with Crippen LogP contribution in [0.15, 0.2) is 48.5 Å². The molecule has 2 rings (SSSR count). The van der Waals surface area contributed by atoms with Crippen molar-refractivity contribution >= 4 is 35.2 Å². The number of anilines is 1. The van der Waals surface area contributed by atoms with Crippen LogP contribution in [0.4, 0.5) is 5.69 Å². The van der Waals surface area contributed by atoms with Crippen molar-refractivity contribution in [3.63, 3.8) is 0 Å². The van der Waals surface area contributed by atoms with E-state index in [9.17, 15) is 9.59 Å². The van der Waals surface area contributed by atoms with Crippen molar-refractivity contribution in [2.24, 2.45) is 0 Å². The maximum Gasteiger partial charge on any atom is 0.251 e. The van der Waals surface area contributed by atoms with E-state index >= 15 is 0 Å². The maximum atomic E-state index is 12.2. The Hall–Kier alpha value is -2.79. The molecule has 0 atom stereocenters. The summed E-state index contributed by atoms with van der Waals surface area (Å²) < 4.78 is 5.24. The quantitative estimate of drug-likeness (QED) is 0.749. The Labute approximate surface area is 158 Å². The van der Waals surface area contributed by atoms with Crippen molar-refractivity contribution in [3.8, 4) is 5.75 Å². The van der Waals surface area contributed by atoms with E-state index in [1.165, 1.54) is 6.08 Å². The molecule has 0 aromatic heterocycles. The van der Waals surface area contributed by atoms with Crippen LogP contribution in [0.1, 0.15) is 29.8 Å². The first-order chi connectivity index (χ1) is 12.4. The van der Waals surface area contributed by atoms with Gasteiger partial charge in [0, 0.05) is 23.2 Å². The highest BCUT2D eigenvalue weighted by Crippen LogP contribution is 2.24. The summed E-state index contributed by atoms with van der Waals surface area (Å²) in [5.41, 5.74) is 1.58. The predicted octanol–water partition coefficient (Wildman–Crippen LogP) is 4.14. The molecule has 0 aliphatic carbocycles. The number of halogens is 1. The number of carbonyl (C=O) groups excluding carboxylic acids is 2. The molecular weight excluding hydrogens is 352 g/mol. The lowest BCUT2D eigenvalue weighted by atomic mass is 10.1. The van der Waals surface area contributed by atoms with Crippen molar-refractivity contribution in [1.82, 2.24) is 5.32 Å². The third kappa shape index (κ3) is 5.36. The van der Waals surface area contributed by atoms with Crippen LogP contribution in [0.25, 0.3) is 6.08 Å². The fraction of sp³-hybridized carbons (Fsp3) is 0.200. The van der Waals surface area contributed by atoms with Crippen molar-refractivity contribution in [1.29, 1.82) is 0 Å². The second kappa shape index (κ2) is 9.06. The molecule has 0 bridgehead atoms. The number of rotatable bonds is 6. The summed E-state index contributed by atoms with van der Waals surface area (Å²) in [5.74, 6) is 0.0814. The molecule has 0 aliphatic rings. The average molecular weight is 373 g/mol. The zero-order chi connectivity index (χ0) is 19.1. The van der Waals surface area contributed by atoms with Crippen LogP contribution in [0.3, 0.4) is 0 Å². The van der Waals surface area contributed by atoms with Crippen LogP contribution in [-0.4, -0.2) is 25.0 Å². The van der Waals surface area contributed by atoms with E-state index in [0.717, 1.165) is 5.56 Å². The SMILES string of the molecule is COc1ccccc1/C=C/C(=O)Nc1cc(C(=O)NC(C)C)ccc1Cl. The summed E-state index contributed by atoms with van der Waals surface area (Å²) in [7, 11) is 1.57. The third-order valence-corrected chi connectivity index (χ3v) is 3.79. The minimum absolute atomic E-state index is 0.0139. The number of amides is 2. The number of ether oxygens (including phenoxy) is 1. The molecule has 0 unspecified atom stereocenters. The monoisotopic (exact) mass is 372 g/mol. The highest BCUT2D eigenvalue weighted by atomic mass is 35.5. The lowest BCUT2D eigenvalue weighted by Crippen LogP contribution is -2.30. The van der Waals surface area contributed by atoms with Crippen LogP contribution < -0.4 is 15.4 Å². The minimum atomic E-state index is -0.362. The summed E-state index contributed by atoms with van der Waals surface area (Å²) in [4.78, 5) is 24.3. The van der Waals surface area contributed by atoms with Gasteiger partial charge in [0.05, 0.1) is 17.8 Å². The normalized spacial score (nSPS) is 10.8. The maximum absolute atomic E-state index is 12.2. The predicted molar refractivity (Wildman–Crippen MR) is 105 cm³/mol. The summed E-state index contributed by atoms with van der Waals surface area (Å²) >= 11 is 6.13. The van der Waals surface area contributed by atoms with Crippen LogP contribution in [0.5, 0.6) is 5.75 Å². The van der Waals surface area contributed by atoms with Crippen LogP contribution >= 0.6 is 11.6 Å². The fourth-order valence-electron chi connectivity index (χ4n) is 2.25. The van der Waals surface area contributed by atoms with Crippen molar-refractivity contribution in [2.75, 3.05) is 12.4 Å². The van der Waals surface area contributed by atoms with E-state index in [-0.39, 0.29) is 17.9 Å². The number of para-hydroxylation sites is 1. The molecule has 2 aromatic rings. The number of nitrogens with one attached hydrogen (secondary N) is 2. The fourth-order valence-corrected chi connectivity index (χ4v) is 2.42. The topological polar surface area (TPSA) is 67.4 Å². The Kier molecular flexibility index (Phi) is 6.81. The zero-order valence-corrected chi connectivity index (χ0v) is 15.6. The molecule has 6 heteroatoms.